The molecule has 20 heavy (non-hydrogen) atoms. The highest BCUT2D eigenvalue weighted by atomic mass is 16.4. The number of fused-ring (bicyclic) bond motifs is 2. The molecular weight excluding hydrogens is 250 g/mol. The first kappa shape index (κ1) is 15.3. The number of hydrogen-bond donors (Lipinski definition) is 1. The summed E-state index contributed by atoms with van der Waals surface area (Å²) in [6.07, 6.45) is 11.7. The van der Waals surface area contributed by atoms with E-state index in [9.17, 15) is 9.90 Å². The molecular formula is C17H27NO2. The first-order valence-corrected chi connectivity index (χ1v) is 7.87. The minimum atomic E-state index is -0.603. The Morgan fingerprint density at radius 3 is 2.30 bits per heavy atom. The summed E-state index contributed by atoms with van der Waals surface area (Å²) in [6, 6.07) is 1.28. The van der Waals surface area contributed by atoms with Gasteiger partial charge in [0, 0.05) is 18.1 Å². The second-order valence-electron chi connectivity index (χ2n) is 6.16. The predicted octanol–water partition coefficient (Wildman–Crippen LogP) is 3.62. The number of rotatable bonds is 4. The molecule has 0 saturated carbocycles. The molecule has 3 unspecified atom stereocenters. The van der Waals surface area contributed by atoms with E-state index in [1.54, 1.807) is 0 Å². The fourth-order valence-electron chi connectivity index (χ4n) is 4.09. The molecule has 0 spiro atoms. The quantitative estimate of drug-likeness (QED) is 0.798. The molecule has 2 aliphatic heterocycles. The molecule has 2 heterocycles. The Labute approximate surface area is 122 Å². The molecule has 3 nitrogen and oxygen atoms in total. The van der Waals surface area contributed by atoms with Crippen molar-refractivity contribution in [1.82, 2.24) is 4.90 Å². The SMILES string of the molecule is CC=CC(=CC)C(C)N1C2CCCC1CC(C(=O)O)C2. The molecule has 2 aliphatic rings. The molecule has 2 rings (SSSR count). The average Bonchev–Trinajstić information content (AvgIpc) is 2.42. The van der Waals surface area contributed by atoms with Gasteiger partial charge in [0.25, 0.3) is 0 Å². The molecule has 0 amide bonds. The molecule has 1 N–H and O–H groups in total. The molecule has 0 aliphatic carbocycles. The van der Waals surface area contributed by atoms with Crippen molar-refractivity contribution in [3.8, 4) is 0 Å². The fourth-order valence-corrected chi connectivity index (χ4v) is 4.09. The Balaban J connectivity index is 2.18. The van der Waals surface area contributed by atoms with Gasteiger partial charge >= 0.3 is 5.97 Å². The van der Waals surface area contributed by atoms with Gasteiger partial charge in [-0.2, -0.15) is 0 Å². The molecule has 2 saturated heterocycles. The first-order chi connectivity index (χ1) is 9.58. The summed E-state index contributed by atoms with van der Waals surface area (Å²) in [5.74, 6) is -0.738. The zero-order valence-corrected chi connectivity index (χ0v) is 12.9. The molecule has 0 aromatic heterocycles. The molecule has 112 valence electrons. The van der Waals surface area contributed by atoms with Crippen molar-refractivity contribution in [2.45, 2.75) is 71.0 Å². The molecule has 0 radical (unpaired) electrons. The zero-order valence-electron chi connectivity index (χ0n) is 12.9. The highest BCUT2D eigenvalue weighted by Gasteiger charge is 2.42. The topological polar surface area (TPSA) is 40.5 Å². The van der Waals surface area contributed by atoms with Gasteiger partial charge in [-0.05, 0) is 52.0 Å². The van der Waals surface area contributed by atoms with E-state index in [2.05, 4.69) is 37.0 Å². The van der Waals surface area contributed by atoms with E-state index in [4.69, 9.17) is 0 Å². The molecule has 2 bridgehead atoms. The third kappa shape index (κ3) is 2.98. The summed E-state index contributed by atoms with van der Waals surface area (Å²) < 4.78 is 0. The van der Waals surface area contributed by atoms with Gasteiger partial charge in [0.15, 0.2) is 0 Å². The van der Waals surface area contributed by atoms with Crippen LogP contribution >= 0.6 is 0 Å². The lowest BCUT2D eigenvalue weighted by Gasteiger charge is -2.51. The summed E-state index contributed by atoms with van der Waals surface area (Å²) in [6.45, 7) is 6.40. The van der Waals surface area contributed by atoms with Crippen LogP contribution in [0.3, 0.4) is 0 Å². The number of aliphatic carboxylic acids is 1. The second kappa shape index (κ2) is 6.57. The van der Waals surface area contributed by atoms with Crippen molar-refractivity contribution in [1.29, 1.82) is 0 Å². The largest absolute Gasteiger partial charge is 0.481 e. The van der Waals surface area contributed by atoms with Gasteiger partial charge in [0.1, 0.15) is 0 Å². The lowest BCUT2D eigenvalue weighted by Crippen LogP contribution is -2.56. The van der Waals surface area contributed by atoms with Crippen LogP contribution in [0.2, 0.25) is 0 Å². The van der Waals surface area contributed by atoms with Crippen LogP contribution in [0, 0.1) is 5.92 Å². The van der Waals surface area contributed by atoms with E-state index < -0.39 is 5.97 Å². The normalized spacial score (nSPS) is 33.4. The Hall–Kier alpha value is -1.09. The van der Waals surface area contributed by atoms with E-state index in [-0.39, 0.29) is 5.92 Å². The summed E-state index contributed by atoms with van der Waals surface area (Å²) in [4.78, 5) is 13.9. The van der Waals surface area contributed by atoms with E-state index in [0.717, 1.165) is 25.7 Å². The smallest absolute Gasteiger partial charge is 0.306 e. The van der Waals surface area contributed by atoms with E-state index in [1.807, 2.05) is 6.92 Å². The summed E-state index contributed by atoms with van der Waals surface area (Å²) in [5.41, 5.74) is 1.35. The van der Waals surface area contributed by atoms with Crippen LogP contribution in [0.25, 0.3) is 0 Å². The summed E-state index contributed by atoms with van der Waals surface area (Å²) in [5, 5.41) is 9.32. The standard InChI is InChI=1S/C17H27NO2/c1-4-7-13(5-2)12(3)18-15-8-6-9-16(18)11-14(10-15)17(19)20/h4-5,7,12,14-16H,6,8-11H2,1-3H3,(H,19,20). The van der Waals surface area contributed by atoms with E-state index in [0.29, 0.717) is 18.1 Å². The maximum atomic E-state index is 11.3. The van der Waals surface area contributed by atoms with Crippen LogP contribution in [0.1, 0.15) is 52.9 Å². The highest BCUT2D eigenvalue weighted by molar-refractivity contribution is 5.70. The van der Waals surface area contributed by atoms with Crippen molar-refractivity contribution < 1.29 is 9.90 Å². The number of piperidine rings is 2. The number of carbonyl (C=O) groups is 1. The maximum absolute atomic E-state index is 11.3. The van der Waals surface area contributed by atoms with Crippen molar-refractivity contribution in [2.75, 3.05) is 0 Å². The van der Waals surface area contributed by atoms with E-state index in [1.165, 1.54) is 12.0 Å². The number of nitrogens with zero attached hydrogens (tertiary/aromatic N) is 1. The predicted molar refractivity (Wildman–Crippen MR) is 81.7 cm³/mol. The minimum Gasteiger partial charge on any atom is -0.481 e. The van der Waals surface area contributed by atoms with Crippen molar-refractivity contribution in [2.24, 2.45) is 5.92 Å². The molecule has 3 heteroatoms. The summed E-state index contributed by atoms with van der Waals surface area (Å²) in [7, 11) is 0. The monoisotopic (exact) mass is 277 g/mol. The molecule has 0 aromatic carbocycles. The first-order valence-electron chi connectivity index (χ1n) is 7.87. The maximum Gasteiger partial charge on any atom is 0.306 e. The van der Waals surface area contributed by atoms with Crippen LogP contribution in [0.15, 0.2) is 23.8 Å². The van der Waals surface area contributed by atoms with Crippen LogP contribution in [0.4, 0.5) is 0 Å². The van der Waals surface area contributed by atoms with Gasteiger partial charge in [-0.1, -0.05) is 24.6 Å². The van der Waals surface area contributed by atoms with E-state index >= 15 is 0 Å². The van der Waals surface area contributed by atoms with Crippen LogP contribution < -0.4 is 0 Å². The van der Waals surface area contributed by atoms with Gasteiger partial charge < -0.3 is 5.11 Å². The third-order valence-electron chi connectivity index (χ3n) is 5.00. The van der Waals surface area contributed by atoms with Gasteiger partial charge in [-0.25, -0.2) is 0 Å². The number of hydrogen-bond acceptors (Lipinski definition) is 2. The molecule has 2 fully saturated rings. The third-order valence-corrected chi connectivity index (χ3v) is 5.00. The Morgan fingerprint density at radius 1 is 1.25 bits per heavy atom. The Morgan fingerprint density at radius 2 is 1.85 bits per heavy atom. The van der Waals surface area contributed by atoms with Crippen LogP contribution in [-0.4, -0.2) is 34.1 Å². The van der Waals surface area contributed by atoms with Gasteiger partial charge in [0.2, 0.25) is 0 Å². The van der Waals surface area contributed by atoms with Gasteiger partial charge in [0.05, 0.1) is 5.92 Å². The van der Waals surface area contributed by atoms with Gasteiger partial charge in [-0.3, -0.25) is 9.69 Å². The molecule has 3 atom stereocenters. The average molecular weight is 277 g/mol. The minimum absolute atomic E-state index is 0.135. The van der Waals surface area contributed by atoms with Crippen molar-refractivity contribution in [3.05, 3.63) is 23.8 Å². The lowest BCUT2D eigenvalue weighted by molar-refractivity contribution is -0.146. The lowest BCUT2D eigenvalue weighted by atomic mass is 9.77. The zero-order chi connectivity index (χ0) is 14.7. The Kier molecular flexibility index (Phi) is 5.03. The van der Waals surface area contributed by atoms with Crippen LogP contribution in [0.5, 0.6) is 0 Å². The Bertz CT molecular complexity index is 399. The number of carboxylic acids is 1. The van der Waals surface area contributed by atoms with Gasteiger partial charge in [-0.15, -0.1) is 0 Å². The molecule has 0 aromatic rings. The number of carboxylic acid groups (broad SMARTS) is 1. The second-order valence-corrected chi connectivity index (χ2v) is 6.16. The highest BCUT2D eigenvalue weighted by Crippen LogP contribution is 2.39. The van der Waals surface area contributed by atoms with Crippen LogP contribution in [-0.2, 0) is 4.79 Å². The fraction of sp³-hybridized carbons (Fsp3) is 0.706. The number of allylic oxidation sites excluding steroid dienone is 2. The van der Waals surface area contributed by atoms with Crippen molar-refractivity contribution in [3.63, 3.8) is 0 Å². The summed E-state index contributed by atoms with van der Waals surface area (Å²) >= 11 is 0. The van der Waals surface area contributed by atoms with Crippen molar-refractivity contribution >= 4 is 5.97 Å².